The van der Waals surface area contributed by atoms with Crippen LogP contribution in [-0.4, -0.2) is 52.9 Å². The van der Waals surface area contributed by atoms with Gasteiger partial charge in [-0.2, -0.15) is 0 Å². The lowest BCUT2D eigenvalue weighted by Gasteiger charge is -2.37. The van der Waals surface area contributed by atoms with Crippen molar-refractivity contribution >= 4 is 17.4 Å². The molecule has 2 aromatic rings. The van der Waals surface area contributed by atoms with E-state index in [1.54, 1.807) is 6.07 Å². The van der Waals surface area contributed by atoms with Crippen molar-refractivity contribution in [1.29, 1.82) is 0 Å². The van der Waals surface area contributed by atoms with E-state index in [4.69, 9.17) is 9.47 Å². The zero-order valence-corrected chi connectivity index (χ0v) is 15.5. The number of para-hydroxylation sites is 1. The summed E-state index contributed by atoms with van der Waals surface area (Å²) in [4.78, 5) is 23.1. The van der Waals surface area contributed by atoms with Crippen molar-refractivity contribution in [1.82, 2.24) is 14.9 Å². The highest BCUT2D eigenvalue weighted by molar-refractivity contribution is 5.93. The number of anilines is 2. The molecule has 2 saturated heterocycles. The van der Waals surface area contributed by atoms with Gasteiger partial charge in [0, 0.05) is 37.7 Å². The van der Waals surface area contributed by atoms with Crippen LogP contribution < -0.4 is 5.32 Å². The van der Waals surface area contributed by atoms with E-state index in [1.165, 1.54) is 11.9 Å². The van der Waals surface area contributed by atoms with Gasteiger partial charge >= 0.3 is 0 Å². The SMILES string of the molecule is CCc1ccccc1Nc1cc(C(=O)N2CCC3(CC2)OCCO3)ncn1. The summed E-state index contributed by atoms with van der Waals surface area (Å²) in [6.07, 6.45) is 3.73. The van der Waals surface area contributed by atoms with E-state index in [2.05, 4.69) is 28.3 Å². The minimum Gasteiger partial charge on any atom is -0.347 e. The van der Waals surface area contributed by atoms with Crippen molar-refractivity contribution in [2.45, 2.75) is 32.0 Å². The van der Waals surface area contributed by atoms with E-state index < -0.39 is 5.79 Å². The van der Waals surface area contributed by atoms with Crippen LogP contribution in [0.1, 0.15) is 35.8 Å². The van der Waals surface area contributed by atoms with Crippen LogP contribution in [0, 0.1) is 0 Å². The monoisotopic (exact) mass is 368 g/mol. The molecule has 1 N–H and O–H groups in total. The van der Waals surface area contributed by atoms with Crippen LogP contribution in [0.15, 0.2) is 36.7 Å². The Labute approximate surface area is 158 Å². The molecule has 27 heavy (non-hydrogen) atoms. The van der Waals surface area contributed by atoms with E-state index in [0.717, 1.165) is 12.1 Å². The number of carbonyl (C=O) groups excluding carboxylic acids is 1. The molecule has 7 nitrogen and oxygen atoms in total. The number of ether oxygens (including phenoxy) is 2. The molecule has 1 aromatic carbocycles. The van der Waals surface area contributed by atoms with E-state index in [1.807, 2.05) is 23.1 Å². The lowest BCUT2D eigenvalue weighted by Crippen LogP contribution is -2.47. The van der Waals surface area contributed by atoms with Gasteiger partial charge in [-0.1, -0.05) is 25.1 Å². The first-order chi connectivity index (χ1) is 13.2. The Hall–Kier alpha value is -2.51. The third kappa shape index (κ3) is 3.79. The maximum absolute atomic E-state index is 12.9. The van der Waals surface area contributed by atoms with Gasteiger partial charge < -0.3 is 19.7 Å². The number of nitrogens with one attached hydrogen (secondary N) is 1. The normalized spacial score (nSPS) is 18.6. The second kappa shape index (κ2) is 7.62. The summed E-state index contributed by atoms with van der Waals surface area (Å²) in [7, 11) is 0. The van der Waals surface area contributed by atoms with Crippen molar-refractivity contribution in [3.63, 3.8) is 0 Å². The van der Waals surface area contributed by atoms with Crippen molar-refractivity contribution in [2.24, 2.45) is 0 Å². The standard InChI is InChI=1S/C20H24N4O3/c1-2-15-5-3-4-6-16(15)23-18-13-17(21-14-22-18)19(25)24-9-7-20(8-10-24)26-11-12-27-20/h3-6,13-14H,2,7-12H2,1H3,(H,21,22,23). The van der Waals surface area contributed by atoms with Crippen LogP contribution in [0.25, 0.3) is 0 Å². The molecule has 1 aromatic heterocycles. The number of piperidine rings is 1. The molecule has 1 spiro atoms. The molecule has 2 fully saturated rings. The first kappa shape index (κ1) is 17.9. The summed E-state index contributed by atoms with van der Waals surface area (Å²) in [6.45, 7) is 4.58. The van der Waals surface area contributed by atoms with Gasteiger partial charge in [0.1, 0.15) is 17.8 Å². The highest BCUT2D eigenvalue weighted by Gasteiger charge is 2.41. The van der Waals surface area contributed by atoms with Crippen molar-refractivity contribution < 1.29 is 14.3 Å². The molecule has 2 aliphatic heterocycles. The average Bonchev–Trinajstić information content (AvgIpc) is 3.17. The molecule has 142 valence electrons. The zero-order valence-electron chi connectivity index (χ0n) is 15.5. The fourth-order valence-corrected chi connectivity index (χ4v) is 3.63. The maximum Gasteiger partial charge on any atom is 0.272 e. The summed E-state index contributed by atoms with van der Waals surface area (Å²) < 4.78 is 11.5. The number of aromatic nitrogens is 2. The van der Waals surface area contributed by atoms with Crippen LogP contribution in [0.2, 0.25) is 0 Å². The molecule has 2 aliphatic rings. The molecular formula is C20H24N4O3. The van der Waals surface area contributed by atoms with Gasteiger partial charge in [0.25, 0.3) is 5.91 Å². The molecule has 0 atom stereocenters. The number of likely N-dealkylation sites (tertiary alicyclic amines) is 1. The number of benzene rings is 1. The Bertz CT molecular complexity index is 810. The lowest BCUT2D eigenvalue weighted by molar-refractivity contribution is -0.181. The third-order valence-corrected chi connectivity index (χ3v) is 5.17. The smallest absolute Gasteiger partial charge is 0.272 e. The van der Waals surface area contributed by atoms with E-state index in [-0.39, 0.29) is 5.91 Å². The highest BCUT2D eigenvalue weighted by atomic mass is 16.7. The fraction of sp³-hybridized carbons (Fsp3) is 0.450. The number of aryl methyl sites for hydroxylation is 1. The number of nitrogens with zero attached hydrogens (tertiary/aromatic N) is 3. The second-order valence-electron chi connectivity index (χ2n) is 6.82. The molecule has 0 aliphatic carbocycles. The van der Waals surface area contributed by atoms with Gasteiger partial charge in [0.15, 0.2) is 5.79 Å². The number of amides is 1. The Morgan fingerprint density at radius 2 is 1.93 bits per heavy atom. The van der Waals surface area contributed by atoms with E-state index >= 15 is 0 Å². The average molecular weight is 368 g/mol. The minimum absolute atomic E-state index is 0.0860. The fourth-order valence-electron chi connectivity index (χ4n) is 3.63. The van der Waals surface area contributed by atoms with Crippen LogP contribution >= 0.6 is 0 Å². The largest absolute Gasteiger partial charge is 0.347 e. The molecular weight excluding hydrogens is 344 g/mol. The molecule has 0 bridgehead atoms. The van der Waals surface area contributed by atoms with Crippen LogP contribution in [0.4, 0.5) is 11.5 Å². The predicted octanol–water partition coefficient (Wildman–Crippen LogP) is 2.76. The summed E-state index contributed by atoms with van der Waals surface area (Å²) >= 11 is 0. The van der Waals surface area contributed by atoms with E-state index in [9.17, 15) is 4.79 Å². The summed E-state index contributed by atoms with van der Waals surface area (Å²) in [5, 5.41) is 3.30. The molecule has 1 amide bonds. The van der Waals surface area contributed by atoms with Crippen molar-refractivity contribution in [2.75, 3.05) is 31.6 Å². The topological polar surface area (TPSA) is 76.6 Å². The molecule has 3 heterocycles. The van der Waals surface area contributed by atoms with Gasteiger partial charge in [0.2, 0.25) is 0 Å². The Morgan fingerprint density at radius 1 is 1.19 bits per heavy atom. The molecule has 0 saturated carbocycles. The van der Waals surface area contributed by atoms with Gasteiger partial charge in [-0.25, -0.2) is 9.97 Å². The number of carbonyl (C=O) groups is 1. The van der Waals surface area contributed by atoms with Gasteiger partial charge in [-0.15, -0.1) is 0 Å². The summed E-state index contributed by atoms with van der Waals surface area (Å²) in [5.41, 5.74) is 2.58. The number of rotatable bonds is 4. The second-order valence-corrected chi connectivity index (χ2v) is 6.82. The van der Waals surface area contributed by atoms with Crippen LogP contribution in [0.5, 0.6) is 0 Å². The molecule has 4 rings (SSSR count). The highest BCUT2D eigenvalue weighted by Crippen LogP contribution is 2.31. The first-order valence-corrected chi connectivity index (χ1v) is 9.43. The van der Waals surface area contributed by atoms with Gasteiger partial charge in [-0.3, -0.25) is 4.79 Å². The molecule has 7 heteroatoms. The Morgan fingerprint density at radius 3 is 2.67 bits per heavy atom. The van der Waals surface area contributed by atoms with Gasteiger partial charge in [0.05, 0.1) is 13.2 Å². The van der Waals surface area contributed by atoms with E-state index in [0.29, 0.717) is 50.7 Å². The van der Waals surface area contributed by atoms with Crippen LogP contribution in [0.3, 0.4) is 0 Å². The quantitative estimate of drug-likeness (QED) is 0.894. The Kier molecular flexibility index (Phi) is 5.05. The molecule has 0 unspecified atom stereocenters. The number of hydrogen-bond donors (Lipinski definition) is 1. The zero-order chi connectivity index (χ0) is 18.7. The summed E-state index contributed by atoms with van der Waals surface area (Å²) in [5.74, 6) is 0.0428. The maximum atomic E-state index is 12.9. The van der Waals surface area contributed by atoms with Crippen molar-refractivity contribution in [3.8, 4) is 0 Å². The van der Waals surface area contributed by atoms with Crippen LogP contribution in [-0.2, 0) is 15.9 Å². The Balaban J connectivity index is 1.45. The van der Waals surface area contributed by atoms with Crippen molar-refractivity contribution in [3.05, 3.63) is 47.9 Å². The lowest BCUT2D eigenvalue weighted by atomic mass is 10.0. The summed E-state index contributed by atoms with van der Waals surface area (Å²) in [6, 6.07) is 9.79. The minimum atomic E-state index is -0.487. The predicted molar refractivity (Wildman–Crippen MR) is 101 cm³/mol. The van der Waals surface area contributed by atoms with Gasteiger partial charge in [-0.05, 0) is 18.1 Å². The molecule has 0 radical (unpaired) electrons. The third-order valence-electron chi connectivity index (χ3n) is 5.17. The number of hydrogen-bond acceptors (Lipinski definition) is 6. The first-order valence-electron chi connectivity index (χ1n) is 9.43.